The second-order valence-electron chi connectivity index (χ2n) is 3.90. The quantitative estimate of drug-likeness (QED) is 0.836. The third-order valence-electron chi connectivity index (χ3n) is 2.31. The molecule has 96 valence electrons. The van der Waals surface area contributed by atoms with Crippen LogP contribution in [0.1, 0.15) is 29.3 Å². The fourth-order valence-electron chi connectivity index (χ4n) is 1.53. The van der Waals surface area contributed by atoms with Gasteiger partial charge >= 0.3 is 5.97 Å². The molecule has 2 nitrogen and oxygen atoms in total. The van der Waals surface area contributed by atoms with E-state index >= 15 is 0 Å². The first-order valence-corrected chi connectivity index (χ1v) is 5.58. The maximum absolute atomic E-state index is 13.6. The molecule has 2 unspecified atom stereocenters. The first-order chi connectivity index (χ1) is 8.50. The van der Waals surface area contributed by atoms with Crippen molar-refractivity contribution in [2.24, 2.45) is 0 Å². The van der Waals surface area contributed by atoms with Crippen LogP contribution in [0.25, 0.3) is 0 Å². The zero-order chi connectivity index (χ0) is 13.5. The molecular formula is C14H14F2O2. The van der Waals surface area contributed by atoms with Crippen molar-refractivity contribution < 1.29 is 18.7 Å². The molecule has 0 heterocycles. The second-order valence-corrected chi connectivity index (χ2v) is 3.90. The first-order valence-electron chi connectivity index (χ1n) is 5.58. The molecule has 1 N–H and O–H groups in total. The van der Waals surface area contributed by atoms with E-state index in [1.807, 2.05) is 0 Å². The van der Waals surface area contributed by atoms with Crippen molar-refractivity contribution in [3.05, 3.63) is 35.4 Å². The van der Waals surface area contributed by atoms with Crippen molar-refractivity contribution in [3.63, 3.8) is 0 Å². The van der Waals surface area contributed by atoms with Crippen LogP contribution in [-0.4, -0.2) is 23.4 Å². The third kappa shape index (κ3) is 4.54. The third-order valence-corrected chi connectivity index (χ3v) is 2.31. The summed E-state index contributed by atoms with van der Waals surface area (Å²) in [5, 5.41) is 8.93. The molecule has 0 bridgehead atoms. The summed E-state index contributed by atoms with van der Waals surface area (Å²) < 4.78 is 25.9. The SMILES string of the molecule is CC(F)C#CCC(F)Cc1ccccc1C(=O)O. The minimum absolute atomic E-state index is 0.0299. The summed E-state index contributed by atoms with van der Waals surface area (Å²) in [4.78, 5) is 10.9. The van der Waals surface area contributed by atoms with Crippen molar-refractivity contribution in [3.8, 4) is 11.8 Å². The fourth-order valence-corrected chi connectivity index (χ4v) is 1.53. The minimum atomic E-state index is -1.29. The van der Waals surface area contributed by atoms with Crippen molar-refractivity contribution in [2.45, 2.75) is 32.1 Å². The Morgan fingerprint density at radius 3 is 2.67 bits per heavy atom. The number of carbonyl (C=O) groups is 1. The normalized spacial score (nSPS) is 13.3. The van der Waals surface area contributed by atoms with Crippen LogP contribution in [0.15, 0.2) is 24.3 Å². The van der Waals surface area contributed by atoms with Crippen LogP contribution in [0, 0.1) is 11.8 Å². The lowest BCUT2D eigenvalue weighted by Crippen LogP contribution is -2.09. The van der Waals surface area contributed by atoms with Gasteiger partial charge in [-0.05, 0) is 18.6 Å². The number of carboxylic acids is 1. The highest BCUT2D eigenvalue weighted by molar-refractivity contribution is 5.89. The van der Waals surface area contributed by atoms with Crippen molar-refractivity contribution in [1.29, 1.82) is 0 Å². The van der Waals surface area contributed by atoms with Crippen LogP contribution in [0.5, 0.6) is 0 Å². The molecule has 2 atom stereocenters. The monoisotopic (exact) mass is 252 g/mol. The number of carboxylic acid groups (broad SMARTS) is 1. The molecule has 0 aliphatic rings. The number of aromatic carboxylic acids is 1. The molecule has 4 heteroatoms. The maximum atomic E-state index is 13.6. The zero-order valence-corrected chi connectivity index (χ0v) is 9.99. The molecule has 1 aromatic rings. The van der Waals surface area contributed by atoms with Gasteiger partial charge in [-0.25, -0.2) is 13.6 Å². The molecule has 0 aliphatic carbocycles. The van der Waals surface area contributed by atoms with Gasteiger partial charge in [0.15, 0.2) is 6.17 Å². The van der Waals surface area contributed by atoms with E-state index in [0.717, 1.165) is 0 Å². The standard InChI is InChI=1S/C14H14F2O2/c1-10(15)5-4-7-12(16)9-11-6-2-3-8-13(11)14(17)18/h2-3,6,8,10,12H,7,9H2,1H3,(H,17,18). The fraction of sp³-hybridized carbons (Fsp3) is 0.357. The highest BCUT2D eigenvalue weighted by Crippen LogP contribution is 2.14. The Hall–Kier alpha value is -1.89. The zero-order valence-electron chi connectivity index (χ0n) is 9.99. The molecule has 1 rings (SSSR count). The van der Waals surface area contributed by atoms with Crippen LogP contribution in [0.2, 0.25) is 0 Å². The molecule has 0 fully saturated rings. The van der Waals surface area contributed by atoms with Crippen molar-refractivity contribution >= 4 is 5.97 Å². The Morgan fingerprint density at radius 1 is 1.39 bits per heavy atom. The minimum Gasteiger partial charge on any atom is -0.478 e. The average molecular weight is 252 g/mol. The summed E-state index contributed by atoms with van der Waals surface area (Å²) in [6.07, 6.45) is -2.69. The number of rotatable bonds is 4. The van der Waals surface area contributed by atoms with Gasteiger partial charge in [-0.15, -0.1) is 0 Å². The van der Waals surface area contributed by atoms with Gasteiger partial charge < -0.3 is 5.11 Å². The van der Waals surface area contributed by atoms with Crippen LogP contribution in [0.3, 0.4) is 0 Å². The Bertz CT molecular complexity index is 472. The van der Waals surface area contributed by atoms with Gasteiger partial charge in [0.25, 0.3) is 0 Å². The first kappa shape index (κ1) is 14.2. The second kappa shape index (κ2) is 6.75. The molecule has 0 aromatic heterocycles. The predicted octanol–water partition coefficient (Wildman–Crippen LogP) is 3.02. The van der Waals surface area contributed by atoms with Gasteiger partial charge in [0, 0.05) is 12.8 Å². The lowest BCUT2D eigenvalue weighted by Gasteiger charge is -2.07. The summed E-state index contributed by atoms with van der Waals surface area (Å²) in [5.74, 6) is 3.55. The van der Waals surface area contributed by atoms with Crippen molar-refractivity contribution in [1.82, 2.24) is 0 Å². The summed E-state index contributed by atoms with van der Waals surface area (Å²) in [6, 6.07) is 6.25. The maximum Gasteiger partial charge on any atom is 0.335 e. The molecule has 18 heavy (non-hydrogen) atoms. The molecular weight excluding hydrogens is 238 g/mol. The van der Waals surface area contributed by atoms with Gasteiger partial charge in [-0.2, -0.15) is 0 Å². The van der Waals surface area contributed by atoms with E-state index in [4.69, 9.17) is 5.11 Å². The number of halogens is 2. The smallest absolute Gasteiger partial charge is 0.335 e. The Morgan fingerprint density at radius 2 is 2.06 bits per heavy atom. The Balaban J connectivity index is 2.68. The van der Waals surface area contributed by atoms with Gasteiger partial charge in [-0.1, -0.05) is 30.0 Å². The summed E-state index contributed by atoms with van der Waals surface area (Å²) >= 11 is 0. The molecule has 0 saturated heterocycles. The number of benzene rings is 1. The Kier molecular flexibility index (Phi) is 5.31. The van der Waals surface area contributed by atoms with Gasteiger partial charge in [0.2, 0.25) is 0 Å². The van der Waals surface area contributed by atoms with Gasteiger partial charge in [0.1, 0.15) is 6.17 Å². The molecule has 0 radical (unpaired) electrons. The van der Waals surface area contributed by atoms with Gasteiger partial charge in [-0.3, -0.25) is 0 Å². The van der Waals surface area contributed by atoms with Crippen LogP contribution < -0.4 is 0 Å². The largest absolute Gasteiger partial charge is 0.478 e. The van der Waals surface area contributed by atoms with Crippen molar-refractivity contribution in [2.75, 3.05) is 0 Å². The molecule has 1 aromatic carbocycles. The number of hydrogen-bond donors (Lipinski definition) is 1. The van der Waals surface area contributed by atoms with Crippen LogP contribution in [-0.2, 0) is 6.42 Å². The highest BCUT2D eigenvalue weighted by Gasteiger charge is 2.13. The van der Waals surface area contributed by atoms with E-state index in [9.17, 15) is 13.6 Å². The number of alkyl halides is 2. The lowest BCUT2D eigenvalue weighted by atomic mass is 10.0. The molecule has 0 saturated carbocycles. The summed E-state index contributed by atoms with van der Waals surface area (Å²) in [6.45, 7) is 1.28. The van der Waals surface area contributed by atoms with Crippen LogP contribution in [0.4, 0.5) is 8.78 Å². The van der Waals surface area contributed by atoms with E-state index in [-0.39, 0.29) is 18.4 Å². The van der Waals surface area contributed by atoms with Crippen LogP contribution >= 0.6 is 0 Å². The Labute approximate surface area is 105 Å². The molecule has 0 aliphatic heterocycles. The predicted molar refractivity (Wildman–Crippen MR) is 65.0 cm³/mol. The number of hydrogen-bond acceptors (Lipinski definition) is 1. The lowest BCUT2D eigenvalue weighted by molar-refractivity contribution is 0.0695. The van der Waals surface area contributed by atoms with Gasteiger partial charge in [0.05, 0.1) is 5.56 Å². The van der Waals surface area contributed by atoms with E-state index in [1.165, 1.54) is 13.0 Å². The summed E-state index contributed by atoms with van der Waals surface area (Å²) in [5.41, 5.74) is 0.513. The van der Waals surface area contributed by atoms with E-state index in [0.29, 0.717) is 5.56 Å². The molecule has 0 amide bonds. The van der Waals surface area contributed by atoms with E-state index in [1.54, 1.807) is 18.2 Å². The molecule has 0 spiro atoms. The average Bonchev–Trinajstić information content (AvgIpc) is 2.28. The summed E-state index contributed by atoms with van der Waals surface area (Å²) in [7, 11) is 0. The van der Waals surface area contributed by atoms with E-state index in [2.05, 4.69) is 11.8 Å². The highest BCUT2D eigenvalue weighted by atomic mass is 19.1. The van der Waals surface area contributed by atoms with E-state index < -0.39 is 18.3 Å². The topological polar surface area (TPSA) is 37.3 Å².